The van der Waals surface area contributed by atoms with E-state index in [2.05, 4.69) is 10.6 Å². The molecule has 2 aromatic carbocycles. The number of ether oxygens (including phenoxy) is 2. The largest absolute Gasteiger partial charge is 0.412 e. The number of rotatable bonds is 6. The van der Waals surface area contributed by atoms with E-state index in [-0.39, 0.29) is 0 Å². The molecule has 2 N–H and O–H groups in total. The van der Waals surface area contributed by atoms with Crippen LogP contribution in [0.1, 0.15) is 25.7 Å². The third kappa shape index (κ3) is 6.30. The second-order valence-electron chi connectivity index (χ2n) is 6.97. The van der Waals surface area contributed by atoms with E-state index in [9.17, 15) is 9.59 Å². The van der Waals surface area contributed by atoms with Crippen LogP contribution in [0.15, 0.2) is 60.7 Å². The number of hydrogen-bond donors (Lipinski definition) is 2. The normalized spacial score (nSPS) is 18.7. The third-order valence-corrected chi connectivity index (χ3v) is 4.99. The van der Waals surface area contributed by atoms with Crippen molar-refractivity contribution in [3.05, 3.63) is 60.7 Å². The van der Waals surface area contributed by atoms with Crippen LogP contribution in [0.3, 0.4) is 0 Å². The van der Waals surface area contributed by atoms with Crippen molar-refractivity contribution in [1.82, 2.24) is 10.6 Å². The molecule has 2 amide bonds. The Morgan fingerprint density at radius 1 is 0.714 bits per heavy atom. The number of nitrogens with one attached hydrogen (secondary N) is 2. The zero-order valence-corrected chi connectivity index (χ0v) is 15.8. The van der Waals surface area contributed by atoms with Crippen LogP contribution in [0.5, 0.6) is 11.5 Å². The molecule has 148 valence electrons. The zero-order chi connectivity index (χ0) is 19.6. The molecule has 28 heavy (non-hydrogen) atoms. The van der Waals surface area contributed by atoms with E-state index >= 15 is 0 Å². The van der Waals surface area contributed by atoms with Crippen molar-refractivity contribution in [3.8, 4) is 11.5 Å². The lowest BCUT2D eigenvalue weighted by Crippen LogP contribution is -2.41. The highest BCUT2D eigenvalue weighted by molar-refractivity contribution is 5.70. The molecule has 2 aromatic rings. The van der Waals surface area contributed by atoms with Gasteiger partial charge in [0.25, 0.3) is 0 Å². The van der Waals surface area contributed by atoms with Crippen molar-refractivity contribution in [2.24, 2.45) is 11.8 Å². The summed E-state index contributed by atoms with van der Waals surface area (Å²) >= 11 is 0. The average molecular weight is 382 g/mol. The van der Waals surface area contributed by atoms with E-state index < -0.39 is 12.2 Å². The van der Waals surface area contributed by atoms with Crippen molar-refractivity contribution in [3.63, 3.8) is 0 Å². The topological polar surface area (TPSA) is 76.7 Å². The SMILES string of the molecule is O=C(NCC1CCCCC1CNC(=O)Oc1ccccc1)Oc1ccccc1. The van der Waals surface area contributed by atoms with Crippen LogP contribution in [0.4, 0.5) is 9.59 Å². The Morgan fingerprint density at radius 2 is 1.11 bits per heavy atom. The molecule has 0 aliphatic heterocycles. The van der Waals surface area contributed by atoms with Gasteiger partial charge in [0.15, 0.2) is 0 Å². The van der Waals surface area contributed by atoms with E-state index in [1.54, 1.807) is 24.3 Å². The molecular weight excluding hydrogens is 356 g/mol. The Labute approximate surface area is 165 Å². The molecule has 0 radical (unpaired) electrons. The molecule has 0 bridgehead atoms. The van der Waals surface area contributed by atoms with Crippen molar-refractivity contribution >= 4 is 12.2 Å². The number of amides is 2. The minimum absolute atomic E-state index is 0.300. The van der Waals surface area contributed by atoms with E-state index in [0.29, 0.717) is 36.4 Å². The average Bonchev–Trinajstić information content (AvgIpc) is 2.73. The Morgan fingerprint density at radius 3 is 1.50 bits per heavy atom. The minimum Gasteiger partial charge on any atom is -0.410 e. The number of benzene rings is 2. The van der Waals surface area contributed by atoms with Crippen LogP contribution in [-0.4, -0.2) is 25.3 Å². The second-order valence-corrected chi connectivity index (χ2v) is 6.97. The van der Waals surface area contributed by atoms with Gasteiger partial charge < -0.3 is 20.1 Å². The van der Waals surface area contributed by atoms with Gasteiger partial charge in [-0.25, -0.2) is 9.59 Å². The summed E-state index contributed by atoms with van der Waals surface area (Å²) in [4.78, 5) is 24.0. The lowest BCUT2D eigenvalue weighted by atomic mass is 9.79. The third-order valence-electron chi connectivity index (χ3n) is 4.99. The smallest absolute Gasteiger partial charge is 0.410 e. The van der Waals surface area contributed by atoms with Crippen molar-refractivity contribution in [2.75, 3.05) is 13.1 Å². The highest BCUT2D eigenvalue weighted by Crippen LogP contribution is 2.29. The van der Waals surface area contributed by atoms with Gasteiger partial charge in [-0.2, -0.15) is 0 Å². The Hall–Kier alpha value is -3.02. The van der Waals surface area contributed by atoms with Gasteiger partial charge in [0.05, 0.1) is 0 Å². The van der Waals surface area contributed by atoms with Gasteiger partial charge >= 0.3 is 12.2 Å². The first-order valence-corrected chi connectivity index (χ1v) is 9.72. The summed E-state index contributed by atoms with van der Waals surface area (Å²) in [5.74, 6) is 1.64. The van der Waals surface area contributed by atoms with E-state index in [1.807, 2.05) is 36.4 Å². The van der Waals surface area contributed by atoms with Crippen LogP contribution >= 0.6 is 0 Å². The summed E-state index contributed by atoms with van der Waals surface area (Å²) in [5.41, 5.74) is 0. The molecule has 1 saturated carbocycles. The quantitative estimate of drug-likeness (QED) is 0.778. The summed E-state index contributed by atoms with van der Waals surface area (Å²) in [7, 11) is 0. The number of para-hydroxylation sites is 2. The predicted octanol–water partition coefficient (Wildman–Crippen LogP) is 4.37. The first kappa shape index (κ1) is 19.7. The van der Waals surface area contributed by atoms with Gasteiger partial charge in [0.1, 0.15) is 11.5 Å². The van der Waals surface area contributed by atoms with E-state index in [4.69, 9.17) is 9.47 Å². The molecule has 0 aromatic heterocycles. The molecule has 0 saturated heterocycles. The fourth-order valence-corrected chi connectivity index (χ4v) is 3.51. The molecular formula is C22H26N2O4. The maximum atomic E-state index is 12.0. The van der Waals surface area contributed by atoms with Crippen LogP contribution in [0, 0.1) is 11.8 Å². The first-order chi connectivity index (χ1) is 13.7. The van der Waals surface area contributed by atoms with Crippen molar-refractivity contribution < 1.29 is 19.1 Å². The molecule has 6 nitrogen and oxygen atoms in total. The molecule has 2 unspecified atom stereocenters. The fourth-order valence-electron chi connectivity index (χ4n) is 3.51. The lowest BCUT2D eigenvalue weighted by molar-refractivity contribution is 0.177. The molecule has 2 atom stereocenters. The van der Waals surface area contributed by atoms with Gasteiger partial charge in [0.2, 0.25) is 0 Å². The summed E-state index contributed by atoms with van der Waals surface area (Å²) in [5, 5.41) is 5.71. The Kier molecular flexibility index (Phi) is 7.29. The zero-order valence-electron chi connectivity index (χ0n) is 15.8. The van der Waals surface area contributed by atoms with Gasteiger partial charge in [0, 0.05) is 13.1 Å². The summed E-state index contributed by atoms with van der Waals surface area (Å²) in [6.07, 6.45) is 3.40. The van der Waals surface area contributed by atoms with Crippen LogP contribution < -0.4 is 20.1 Å². The highest BCUT2D eigenvalue weighted by Gasteiger charge is 2.26. The Balaban J connectivity index is 1.43. The molecule has 0 heterocycles. The minimum atomic E-state index is -0.452. The van der Waals surface area contributed by atoms with Crippen LogP contribution in [-0.2, 0) is 0 Å². The van der Waals surface area contributed by atoms with Gasteiger partial charge in [-0.1, -0.05) is 49.2 Å². The molecule has 1 aliphatic carbocycles. The molecule has 6 heteroatoms. The maximum Gasteiger partial charge on any atom is 0.412 e. The standard InChI is InChI=1S/C22H26N2O4/c25-21(27-19-11-3-1-4-12-19)23-15-17-9-7-8-10-18(17)16-24-22(26)28-20-13-5-2-6-14-20/h1-6,11-14,17-18H,7-10,15-16H2,(H,23,25)(H,24,26). The van der Waals surface area contributed by atoms with E-state index in [0.717, 1.165) is 25.7 Å². The number of hydrogen-bond acceptors (Lipinski definition) is 4. The molecule has 0 spiro atoms. The summed E-state index contributed by atoms with van der Waals surface area (Å²) < 4.78 is 10.5. The first-order valence-electron chi connectivity index (χ1n) is 9.72. The molecule has 3 rings (SSSR count). The summed E-state index contributed by atoms with van der Waals surface area (Å²) in [6.45, 7) is 1.07. The number of carbonyl (C=O) groups excluding carboxylic acids is 2. The Bertz CT molecular complexity index is 686. The van der Waals surface area contributed by atoms with Crippen molar-refractivity contribution in [2.45, 2.75) is 25.7 Å². The monoisotopic (exact) mass is 382 g/mol. The van der Waals surface area contributed by atoms with E-state index in [1.165, 1.54) is 0 Å². The van der Waals surface area contributed by atoms with Gasteiger partial charge in [-0.05, 0) is 48.9 Å². The van der Waals surface area contributed by atoms with Gasteiger partial charge in [-0.15, -0.1) is 0 Å². The van der Waals surface area contributed by atoms with Crippen molar-refractivity contribution in [1.29, 1.82) is 0 Å². The van der Waals surface area contributed by atoms with Crippen LogP contribution in [0.25, 0.3) is 0 Å². The van der Waals surface area contributed by atoms with Crippen LogP contribution in [0.2, 0.25) is 0 Å². The maximum absolute atomic E-state index is 12.0. The number of carbonyl (C=O) groups is 2. The molecule has 1 fully saturated rings. The molecule has 1 aliphatic rings. The highest BCUT2D eigenvalue weighted by atomic mass is 16.6. The van der Waals surface area contributed by atoms with Gasteiger partial charge in [-0.3, -0.25) is 0 Å². The lowest BCUT2D eigenvalue weighted by Gasteiger charge is -2.31. The fraction of sp³-hybridized carbons (Fsp3) is 0.364. The summed E-state index contributed by atoms with van der Waals surface area (Å²) in [6, 6.07) is 18.0. The predicted molar refractivity (Wildman–Crippen MR) is 106 cm³/mol. The second kappa shape index (κ2) is 10.3.